The molecule has 0 heterocycles. The van der Waals surface area contributed by atoms with Gasteiger partial charge in [-0.2, -0.15) is 0 Å². The molecule has 0 bridgehead atoms. The number of carbonyl (C=O) groups excluding carboxylic acids is 1. The standard InChI is InChI=1S/C14H16O2/c1-4-5-13(10-14(15)16-3)12-8-6-11(2)7-9-12/h6-9,13H,10H2,1-3H3/t13-/m0/s1. The molecule has 0 aliphatic carbocycles. The van der Waals surface area contributed by atoms with Gasteiger partial charge in [-0.05, 0) is 19.4 Å². The Hall–Kier alpha value is -1.75. The molecule has 84 valence electrons. The molecule has 1 aromatic rings. The number of carbonyl (C=O) groups is 1. The highest BCUT2D eigenvalue weighted by molar-refractivity contribution is 5.71. The Bertz CT molecular complexity index is 407. The molecular formula is C14H16O2. The molecule has 2 nitrogen and oxygen atoms in total. The third-order valence-electron chi connectivity index (χ3n) is 2.40. The highest BCUT2D eigenvalue weighted by Gasteiger charge is 2.13. The van der Waals surface area contributed by atoms with Crippen molar-refractivity contribution >= 4 is 5.97 Å². The van der Waals surface area contributed by atoms with Crippen molar-refractivity contribution in [3.63, 3.8) is 0 Å². The molecule has 1 aromatic carbocycles. The van der Waals surface area contributed by atoms with Crippen molar-refractivity contribution in [2.75, 3.05) is 7.11 Å². The van der Waals surface area contributed by atoms with Crippen molar-refractivity contribution in [2.45, 2.75) is 26.2 Å². The topological polar surface area (TPSA) is 26.3 Å². The van der Waals surface area contributed by atoms with E-state index < -0.39 is 0 Å². The van der Waals surface area contributed by atoms with Crippen molar-refractivity contribution < 1.29 is 9.53 Å². The van der Waals surface area contributed by atoms with Crippen LogP contribution in [0, 0.1) is 18.8 Å². The number of benzene rings is 1. The normalized spacial score (nSPS) is 11.2. The van der Waals surface area contributed by atoms with Gasteiger partial charge in [-0.1, -0.05) is 35.7 Å². The van der Waals surface area contributed by atoms with Gasteiger partial charge in [0, 0.05) is 0 Å². The molecule has 0 saturated heterocycles. The van der Waals surface area contributed by atoms with E-state index in [1.165, 1.54) is 12.7 Å². The zero-order valence-corrected chi connectivity index (χ0v) is 9.91. The molecule has 0 aromatic heterocycles. The molecule has 16 heavy (non-hydrogen) atoms. The number of methoxy groups -OCH3 is 1. The number of ether oxygens (including phenoxy) is 1. The van der Waals surface area contributed by atoms with Crippen LogP contribution in [0.4, 0.5) is 0 Å². The van der Waals surface area contributed by atoms with Crippen LogP contribution in [0.2, 0.25) is 0 Å². The Kier molecular flexibility index (Phi) is 4.60. The second kappa shape index (κ2) is 5.97. The molecule has 0 aliphatic rings. The largest absolute Gasteiger partial charge is 0.469 e. The molecule has 0 amide bonds. The van der Waals surface area contributed by atoms with Crippen LogP contribution in [0.25, 0.3) is 0 Å². The summed E-state index contributed by atoms with van der Waals surface area (Å²) in [5.41, 5.74) is 2.26. The summed E-state index contributed by atoms with van der Waals surface area (Å²) < 4.78 is 4.67. The van der Waals surface area contributed by atoms with E-state index in [2.05, 4.69) is 16.6 Å². The van der Waals surface area contributed by atoms with Gasteiger partial charge in [-0.3, -0.25) is 4.79 Å². The van der Waals surface area contributed by atoms with Crippen LogP contribution < -0.4 is 0 Å². The summed E-state index contributed by atoms with van der Waals surface area (Å²) in [6.07, 6.45) is 0.306. The summed E-state index contributed by atoms with van der Waals surface area (Å²) in [4.78, 5) is 11.2. The van der Waals surface area contributed by atoms with Gasteiger partial charge in [0.15, 0.2) is 0 Å². The first-order valence-corrected chi connectivity index (χ1v) is 5.23. The van der Waals surface area contributed by atoms with E-state index in [4.69, 9.17) is 0 Å². The Morgan fingerprint density at radius 2 is 2.00 bits per heavy atom. The van der Waals surface area contributed by atoms with Gasteiger partial charge in [-0.25, -0.2) is 0 Å². The average molecular weight is 216 g/mol. The Balaban J connectivity index is 2.88. The van der Waals surface area contributed by atoms with Crippen LogP contribution in [0.1, 0.15) is 30.4 Å². The van der Waals surface area contributed by atoms with Crippen LogP contribution in [0.5, 0.6) is 0 Å². The SMILES string of the molecule is CC#C[C@@H](CC(=O)OC)c1ccc(C)cc1. The van der Waals surface area contributed by atoms with Crippen molar-refractivity contribution in [2.24, 2.45) is 0 Å². The van der Waals surface area contributed by atoms with Gasteiger partial charge >= 0.3 is 5.97 Å². The van der Waals surface area contributed by atoms with Crippen molar-refractivity contribution in [1.29, 1.82) is 0 Å². The first kappa shape index (κ1) is 12.3. The molecule has 0 radical (unpaired) electrons. The van der Waals surface area contributed by atoms with E-state index in [0.29, 0.717) is 6.42 Å². The van der Waals surface area contributed by atoms with Gasteiger partial charge in [0.2, 0.25) is 0 Å². The maximum atomic E-state index is 11.2. The lowest BCUT2D eigenvalue weighted by atomic mass is 9.95. The van der Waals surface area contributed by atoms with E-state index in [0.717, 1.165) is 5.56 Å². The third-order valence-corrected chi connectivity index (χ3v) is 2.40. The average Bonchev–Trinajstić information content (AvgIpc) is 2.29. The molecule has 0 saturated carbocycles. The maximum absolute atomic E-state index is 11.2. The molecule has 0 unspecified atom stereocenters. The summed E-state index contributed by atoms with van der Waals surface area (Å²) in [6.45, 7) is 3.81. The van der Waals surface area contributed by atoms with E-state index in [1.54, 1.807) is 6.92 Å². The summed E-state index contributed by atoms with van der Waals surface area (Å²) in [6, 6.07) is 8.06. The number of hydrogen-bond donors (Lipinski definition) is 0. The van der Waals surface area contributed by atoms with E-state index in [9.17, 15) is 4.79 Å². The second-order valence-corrected chi connectivity index (χ2v) is 3.64. The minimum atomic E-state index is -0.228. The Morgan fingerprint density at radius 3 is 2.50 bits per heavy atom. The molecule has 1 atom stereocenters. The maximum Gasteiger partial charge on any atom is 0.307 e. The highest BCUT2D eigenvalue weighted by Crippen LogP contribution is 2.19. The molecule has 1 rings (SSSR count). The summed E-state index contributed by atoms with van der Waals surface area (Å²) in [7, 11) is 1.40. The van der Waals surface area contributed by atoms with Gasteiger partial charge < -0.3 is 4.74 Å². The fourth-order valence-electron chi connectivity index (χ4n) is 1.48. The van der Waals surface area contributed by atoms with E-state index >= 15 is 0 Å². The van der Waals surface area contributed by atoms with Gasteiger partial charge in [0.25, 0.3) is 0 Å². The summed E-state index contributed by atoms with van der Waals surface area (Å²) in [5, 5.41) is 0. The number of rotatable bonds is 3. The quantitative estimate of drug-likeness (QED) is 0.573. The second-order valence-electron chi connectivity index (χ2n) is 3.64. The number of hydrogen-bond acceptors (Lipinski definition) is 2. The summed E-state index contributed by atoms with van der Waals surface area (Å²) in [5.74, 6) is 5.59. The van der Waals surface area contributed by atoms with Crippen molar-refractivity contribution in [3.8, 4) is 11.8 Å². The molecular weight excluding hydrogens is 200 g/mol. The lowest BCUT2D eigenvalue weighted by molar-refractivity contribution is -0.140. The van der Waals surface area contributed by atoms with Gasteiger partial charge in [-0.15, -0.1) is 5.92 Å². The van der Waals surface area contributed by atoms with Crippen LogP contribution in [0.15, 0.2) is 24.3 Å². The Morgan fingerprint density at radius 1 is 1.38 bits per heavy atom. The molecule has 0 aliphatic heterocycles. The zero-order chi connectivity index (χ0) is 12.0. The van der Waals surface area contributed by atoms with E-state index in [1.807, 2.05) is 31.2 Å². The first-order valence-electron chi connectivity index (χ1n) is 5.23. The minimum absolute atomic E-state index is 0.0713. The lowest BCUT2D eigenvalue weighted by Gasteiger charge is -2.09. The monoisotopic (exact) mass is 216 g/mol. The molecule has 0 fully saturated rings. The fourth-order valence-corrected chi connectivity index (χ4v) is 1.48. The van der Waals surface area contributed by atoms with Crippen molar-refractivity contribution in [1.82, 2.24) is 0 Å². The first-order chi connectivity index (χ1) is 7.67. The van der Waals surface area contributed by atoms with Gasteiger partial charge in [0.1, 0.15) is 0 Å². The third kappa shape index (κ3) is 3.43. The Labute approximate surface area is 96.6 Å². The highest BCUT2D eigenvalue weighted by atomic mass is 16.5. The number of aryl methyl sites for hydroxylation is 1. The predicted molar refractivity (Wildman–Crippen MR) is 64.0 cm³/mol. The molecule has 0 spiro atoms. The minimum Gasteiger partial charge on any atom is -0.469 e. The smallest absolute Gasteiger partial charge is 0.307 e. The number of esters is 1. The van der Waals surface area contributed by atoms with Crippen LogP contribution >= 0.6 is 0 Å². The lowest BCUT2D eigenvalue weighted by Crippen LogP contribution is -2.07. The van der Waals surface area contributed by atoms with Gasteiger partial charge in [0.05, 0.1) is 19.4 Å². The van der Waals surface area contributed by atoms with Crippen LogP contribution in [-0.2, 0) is 9.53 Å². The van der Waals surface area contributed by atoms with E-state index in [-0.39, 0.29) is 11.9 Å². The molecule has 0 N–H and O–H groups in total. The van der Waals surface area contributed by atoms with Crippen LogP contribution in [-0.4, -0.2) is 13.1 Å². The predicted octanol–water partition coefficient (Wildman–Crippen LogP) is 2.67. The molecule has 2 heteroatoms. The van der Waals surface area contributed by atoms with Crippen LogP contribution in [0.3, 0.4) is 0 Å². The fraction of sp³-hybridized carbons (Fsp3) is 0.357. The van der Waals surface area contributed by atoms with Crippen molar-refractivity contribution in [3.05, 3.63) is 35.4 Å². The summed E-state index contributed by atoms with van der Waals surface area (Å²) >= 11 is 0. The zero-order valence-electron chi connectivity index (χ0n) is 9.91.